The van der Waals surface area contributed by atoms with Crippen molar-refractivity contribution in [3.63, 3.8) is 0 Å². The number of benzene rings is 2. The molecule has 0 aliphatic carbocycles. The van der Waals surface area contributed by atoms with Crippen LogP contribution in [0.2, 0.25) is 5.02 Å². The molecular weight excluding hydrogens is 298 g/mol. The molecule has 0 aromatic heterocycles. The molecule has 0 aliphatic heterocycles. The molecule has 2 aromatic rings. The Hall–Kier alpha value is -1.55. The third-order valence-corrected chi connectivity index (χ3v) is 4.04. The fourth-order valence-corrected chi connectivity index (χ4v) is 2.60. The van der Waals surface area contributed by atoms with Crippen LogP contribution in [0.4, 0.5) is 0 Å². The second kappa shape index (κ2) is 8.18. The van der Waals surface area contributed by atoms with E-state index in [1.54, 1.807) is 7.11 Å². The van der Waals surface area contributed by atoms with E-state index in [2.05, 4.69) is 24.4 Å². The zero-order chi connectivity index (χ0) is 15.9. The lowest BCUT2D eigenvalue weighted by atomic mass is 10.0. The van der Waals surface area contributed by atoms with E-state index in [-0.39, 0.29) is 18.7 Å². The molecule has 4 heteroatoms. The zero-order valence-electron chi connectivity index (χ0n) is 12.9. The van der Waals surface area contributed by atoms with Gasteiger partial charge < -0.3 is 15.2 Å². The summed E-state index contributed by atoms with van der Waals surface area (Å²) in [5.74, 6) is 0.843. The number of hydrogen-bond donors (Lipinski definition) is 2. The SMILES string of the molecule is CCC(NC(CO)c1ccc(Cl)cc1)c1ccc(OC)cc1. The summed E-state index contributed by atoms with van der Waals surface area (Å²) in [6, 6.07) is 15.6. The Morgan fingerprint density at radius 2 is 1.55 bits per heavy atom. The van der Waals surface area contributed by atoms with Crippen molar-refractivity contribution in [2.75, 3.05) is 13.7 Å². The van der Waals surface area contributed by atoms with Crippen molar-refractivity contribution in [2.24, 2.45) is 0 Å². The Kier molecular flexibility index (Phi) is 6.25. The van der Waals surface area contributed by atoms with E-state index in [1.807, 2.05) is 36.4 Å². The minimum Gasteiger partial charge on any atom is -0.497 e. The molecule has 2 aromatic carbocycles. The first-order valence-corrected chi connectivity index (χ1v) is 7.82. The maximum atomic E-state index is 9.71. The summed E-state index contributed by atoms with van der Waals surface area (Å²) >= 11 is 5.92. The largest absolute Gasteiger partial charge is 0.497 e. The van der Waals surface area contributed by atoms with Gasteiger partial charge in [0.15, 0.2) is 0 Å². The Morgan fingerprint density at radius 1 is 1.00 bits per heavy atom. The van der Waals surface area contributed by atoms with Gasteiger partial charge in [0.05, 0.1) is 19.8 Å². The van der Waals surface area contributed by atoms with Crippen LogP contribution < -0.4 is 10.1 Å². The molecule has 3 nitrogen and oxygen atoms in total. The Balaban J connectivity index is 2.14. The Labute approximate surface area is 136 Å². The molecule has 2 atom stereocenters. The molecule has 0 saturated heterocycles. The van der Waals surface area contributed by atoms with E-state index in [1.165, 1.54) is 5.56 Å². The van der Waals surface area contributed by atoms with Crippen LogP contribution in [0.15, 0.2) is 48.5 Å². The smallest absolute Gasteiger partial charge is 0.118 e. The van der Waals surface area contributed by atoms with Gasteiger partial charge in [-0.25, -0.2) is 0 Å². The lowest BCUT2D eigenvalue weighted by molar-refractivity contribution is 0.232. The van der Waals surface area contributed by atoms with Gasteiger partial charge in [-0.3, -0.25) is 0 Å². The number of aliphatic hydroxyl groups is 1. The molecule has 2 rings (SSSR count). The molecule has 0 amide bonds. The maximum absolute atomic E-state index is 9.71. The van der Waals surface area contributed by atoms with Crippen LogP contribution in [0.25, 0.3) is 0 Å². The standard InChI is InChI=1S/C18H22ClNO2/c1-3-17(13-6-10-16(22-2)11-7-13)20-18(12-21)14-4-8-15(19)9-5-14/h4-11,17-18,20-21H,3,12H2,1-2H3. The molecule has 0 fully saturated rings. The van der Waals surface area contributed by atoms with Crippen LogP contribution in [0.3, 0.4) is 0 Å². The summed E-state index contributed by atoms with van der Waals surface area (Å²) in [6.07, 6.45) is 0.927. The molecule has 2 N–H and O–H groups in total. The highest BCUT2D eigenvalue weighted by molar-refractivity contribution is 6.30. The van der Waals surface area contributed by atoms with Gasteiger partial charge in [-0.15, -0.1) is 0 Å². The van der Waals surface area contributed by atoms with Crippen molar-refractivity contribution in [3.05, 3.63) is 64.7 Å². The number of aliphatic hydroxyl groups excluding tert-OH is 1. The highest BCUT2D eigenvalue weighted by atomic mass is 35.5. The third-order valence-electron chi connectivity index (χ3n) is 3.78. The molecular formula is C18H22ClNO2. The van der Waals surface area contributed by atoms with E-state index in [4.69, 9.17) is 16.3 Å². The van der Waals surface area contributed by atoms with E-state index >= 15 is 0 Å². The number of ether oxygens (including phenoxy) is 1. The van der Waals surface area contributed by atoms with Gasteiger partial charge in [0.25, 0.3) is 0 Å². The topological polar surface area (TPSA) is 41.5 Å². The summed E-state index contributed by atoms with van der Waals surface area (Å²) in [6.45, 7) is 2.16. The number of rotatable bonds is 7. The molecule has 0 bridgehead atoms. The van der Waals surface area contributed by atoms with E-state index in [9.17, 15) is 5.11 Å². The fourth-order valence-electron chi connectivity index (χ4n) is 2.48. The molecule has 0 radical (unpaired) electrons. The summed E-state index contributed by atoms with van der Waals surface area (Å²) < 4.78 is 5.19. The Morgan fingerprint density at radius 3 is 2.05 bits per heavy atom. The van der Waals surface area contributed by atoms with Crippen molar-refractivity contribution < 1.29 is 9.84 Å². The van der Waals surface area contributed by atoms with Crippen LogP contribution >= 0.6 is 11.6 Å². The number of hydrogen-bond acceptors (Lipinski definition) is 3. The first kappa shape index (κ1) is 16.8. The zero-order valence-corrected chi connectivity index (χ0v) is 13.7. The molecule has 0 spiro atoms. The predicted molar refractivity (Wildman–Crippen MR) is 90.4 cm³/mol. The molecule has 0 aliphatic rings. The van der Waals surface area contributed by atoms with Crippen molar-refractivity contribution in [2.45, 2.75) is 25.4 Å². The second-order valence-corrected chi connectivity index (χ2v) is 5.62. The van der Waals surface area contributed by atoms with Crippen molar-refractivity contribution >= 4 is 11.6 Å². The van der Waals surface area contributed by atoms with Crippen molar-refractivity contribution in [3.8, 4) is 5.75 Å². The van der Waals surface area contributed by atoms with Gasteiger partial charge in [-0.1, -0.05) is 42.8 Å². The van der Waals surface area contributed by atoms with Crippen LogP contribution in [-0.2, 0) is 0 Å². The van der Waals surface area contributed by atoms with Crippen LogP contribution in [0.5, 0.6) is 5.75 Å². The average molecular weight is 320 g/mol. The van der Waals surface area contributed by atoms with Crippen LogP contribution in [0, 0.1) is 0 Å². The molecule has 2 unspecified atom stereocenters. The predicted octanol–water partition coefficient (Wildman–Crippen LogP) is 4.12. The quantitative estimate of drug-likeness (QED) is 0.806. The number of halogens is 1. The second-order valence-electron chi connectivity index (χ2n) is 5.19. The average Bonchev–Trinajstić information content (AvgIpc) is 2.57. The lowest BCUT2D eigenvalue weighted by Gasteiger charge is -2.24. The van der Waals surface area contributed by atoms with Crippen LogP contribution in [-0.4, -0.2) is 18.8 Å². The minimum absolute atomic E-state index is 0.0360. The van der Waals surface area contributed by atoms with Gasteiger partial charge in [0.2, 0.25) is 0 Å². The number of methoxy groups -OCH3 is 1. The van der Waals surface area contributed by atoms with E-state index in [0.29, 0.717) is 5.02 Å². The summed E-state index contributed by atoms with van der Waals surface area (Å²) in [5, 5.41) is 13.9. The number of nitrogens with one attached hydrogen (secondary N) is 1. The molecule has 0 saturated carbocycles. The highest BCUT2D eigenvalue weighted by Crippen LogP contribution is 2.24. The van der Waals surface area contributed by atoms with Gasteiger partial charge in [0, 0.05) is 11.1 Å². The molecule has 22 heavy (non-hydrogen) atoms. The van der Waals surface area contributed by atoms with Crippen LogP contribution in [0.1, 0.15) is 36.6 Å². The Bertz CT molecular complexity index is 569. The normalized spacial score (nSPS) is 13.6. The minimum atomic E-state index is -0.121. The van der Waals surface area contributed by atoms with Gasteiger partial charge in [-0.05, 0) is 41.8 Å². The summed E-state index contributed by atoms with van der Waals surface area (Å²) in [4.78, 5) is 0. The first-order valence-electron chi connectivity index (χ1n) is 7.44. The summed E-state index contributed by atoms with van der Waals surface area (Å²) in [5.41, 5.74) is 2.20. The lowest BCUT2D eigenvalue weighted by Crippen LogP contribution is -2.28. The van der Waals surface area contributed by atoms with Gasteiger partial charge in [-0.2, -0.15) is 0 Å². The van der Waals surface area contributed by atoms with Gasteiger partial charge in [0.1, 0.15) is 5.75 Å². The maximum Gasteiger partial charge on any atom is 0.118 e. The van der Waals surface area contributed by atoms with E-state index in [0.717, 1.165) is 17.7 Å². The molecule has 118 valence electrons. The van der Waals surface area contributed by atoms with Crippen molar-refractivity contribution in [1.29, 1.82) is 0 Å². The molecule has 0 heterocycles. The fraction of sp³-hybridized carbons (Fsp3) is 0.333. The van der Waals surface area contributed by atoms with Crippen molar-refractivity contribution in [1.82, 2.24) is 5.32 Å². The monoisotopic (exact) mass is 319 g/mol. The van der Waals surface area contributed by atoms with E-state index < -0.39 is 0 Å². The first-order chi connectivity index (χ1) is 10.7. The summed E-state index contributed by atoms with van der Waals surface area (Å²) in [7, 11) is 1.66. The third kappa shape index (κ3) is 4.23. The highest BCUT2D eigenvalue weighted by Gasteiger charge is 2.16. The van der Waals surface area contributed by atoms with Gasteiger partial charge >= 0.3 is 0 Å².